The molecule has 25 heavy (non-hydrogen) atoms. The minimum atomic E-state index is -2.18. The molecule has 1 unspecified atom stereocenters. The van der Waals surface area contributed by atoms with Gasteiger partial charge in [0.05, 0.1) is 11.2 Å². The van der Waals surface area contributed by atoms with Crippen LogP contribution in [-0.2, 0) is 9.31 Å². The summed E-state index contributed by atoms with van der Waals surface area (Å²) in [6.45, 7) is 7.78. The van der Waals surface area contributed by atoms with Crippen molar-refractivity contribution in [1.82, 2.24) is 0 Å². The van der Waals surface area contributed by atoms with Gasteiger partial charge in [0.1, 0.15) is 6.07 Å². The van der Waals surface area contributed by atoms with Gasteiger partial charge in [-0.25, -0.2) is 4.39 Å². The molecule has 0 aromatic heterocycles. The fraction of sp³-hybridized carbons (Fsp3) is 0.421. The summed E-state index contributed by atoms with van der Waals surface area (Å²) in [5, 5.41) is 9.66. The quantitative estimate of drug-likeness (QED) is 0.710. The Bertz CT molecular complexity index is 781. The molecule has 6 heteroatoms. The summed E-state index contributed by atoms with van der Waals surface area (Å²) < 4.78 is 27.3. The van der Waals surface area contributed by atoms with E-state index in [2.05, 4.69) is 0 Å². The number of nitrogens with zero attached hydrogens (tertiary/aromatic N) is 1. The summed E-state index contributed by atoms with van der Waals surface area (Å²) in [5.41, 5.74) is -1.73. The van der Waals surface area contributed by atoms with E-state index in [-0.39, 0.29) is 17.0 Å². The molecule has 130 valence electrons. The third-order valence-corrected chi connectivity index (χ3v) is 5.56. The Labute approximate surface area is 153 Å². The van der Waals surface area contributed by atoms with Crippen LogP contribution in [0.25, 0.3) is 5.57 Å². The molecule has 3 nitrogen and oxygen atoms in total. The Kier molecular flexibility index (Phi) is 4.35. The van der Waals surface area contributed by atoms with Crippen LogP contribution in [0, 0.1) is 11.3 Å². The SMILES string of the molecule is CC1(C)OB(C2=C(Cl)CC(F)(C#N)C(c3ccccc3)=C2)OC1(C)C. The topological polar surface area (TPSA) is 42.2 Å². The van der Waals surface area contributed by atoms with Crippen molar-refractivity contribution in [3.8, 4) is 6.07 Å². The Hall–Kier alpha value is -1.61. The van der Waals surface area contributed by atoms with E-state index in [4.69, 9.17) is 20.9 Å². The molecule has 0 N–H and O–H groups in total. The van der Waals surface area contributed by atoms with Crippen molar-refractivity contribution < 1.29 is 13.7 Å². The molecule has 1 atom stereocenters. The molecule has 0 bridgehead atoms. The highest BCUT2D eigenvalue weighted by Crippen LogP contribution is 2.46. The van der Waals surface area contributed by atoms with E-state index >= 15 is 4.39 Å². The van der Waals surface area contributed by atoms with Crippen molar-refractivity contribution in [3.05, 3.63) is 52.5 Å². The molecular weight excluding hydrogens is 339 g/mol. The second-order valence-electron chi connectivity index (χ2n) is 7.46. The summed E-state index contributed by atoms with van der Waals surface area (Å²) in [6.07, 6.45) is 1.39. The van der Waals surface area contributed by atoms with Crippen molar-refractivity contribution >= 4 is 24.3 Å². The fourth-order valence-corrected chi connectivity index (χ4v) is 3.28. The summed E-state index contributed by atoms with van der Waals surface area (Å²) in [5.74, 6) is 0. The van der Waals surface area contributed by atoms with Gasteiger partial charge in [-0.2, -0.15) is 5.26 Å². The third-order valence-electron chi connectivity index (χ3n) is 5.21. The van der Waals surface area contributed by atoms with E-state index in [1.54, 1.807) is 24.3 Å². The van der Waals surface area contributed by atoms with Crippen LogP contribution in [0.3, 0.4) is 0 Å². The van der Waals surface area contributed by atoms with Gasteiger partial charge in [0.2, 0.25) is 5.67 Å². The van der Waals surface area contributed by atoms with Crippen LogP contribution in [0.4, 0.5) is 4.39 Å². The van der Waals surface area contributed by atoms with Crippen LogP contribution in [0.15, 0.2) is 46.9 Å². The number of hydrogen-bond donors (Lipinski definition) is 0. The van der Waals surface area contributed by atoms with Gasteiger partial charge in [0, 0.05) is 17.0 Å². The molecule has 1 fully saturated rings. The molecule has 1 aliphatic carbocycles. The lowest BCUT2D eigenvalue weighted by molar-refractivity contribution is 0.00578. The van der Waals surface area contributed by atoms with Crippen molar-refractivity contribution in [2.75, 3.05) is 0 Å². The van der Waals surface area contributed by atoms with Crippen LogP contribution in [0.5, 0.6) is 0 Å². The predicted molar refractivity (Wildman–Crippen MR) is 97.4 cm³/mol. The maximum Gasteiger partial charge on any atom is 0.496 e. The number of halogens is 2. The highest BCUT2D eigenvalue weighted by Gasteiger charge is 2.54. The Morgan fingerprint density at radius 3 is 2.20 bits per heavy atom. The van der Waals surface area contributed by atoms with E-state index in [0.717, 1.165) is 0 Å². The number of nitriles is 1. The number of rotatable bonds is 2. The van der Waals surface area contributed by atoms with Gasteiger partial charge >= 0.3 is 7.12 Å². The normalized spacial score (nSPS) is 27.9. The van der Waals surface area contributed by atoms with Crippen molar-refractivity contribution in [2.24, 2.45) is 0 Å². The van der Waals surface area contributed by atoms with Gasteiger partial charge in [-0.3, -0.25) is 0 Å². The lowest BCUT2D eigenvalue weighted by atomic mass is 9.70. The van der Waals surface area contributed by atoms with Crippen molar-refractivity contribution in [1.29, 1.82) is 5.26 Å². The largest absolute Gasteiger partial charge is 0.496 e. The highest BCUT2D eigenvalue weighted by atomic mass is 35.5. The molecule has 3 rings (SSSR count). The first-order chi connectivity index (χ1) is 11.6. The van der Waals surface area contributed by atoms with Crippen LogP contribution in [-0.4, -0.2) is 24.0 Å². The lowest BCUT2D eigenvalue weighted by Crippen LogP contribution is -2.41. The van der Waals surface area contributed by atoms with Gasteiger partial charge in [-0.05, 0) is 38.7 Å². The molecular formula is C19H20BClFNO2. The van der Waals surface area contributed by atoms with Crippen molar-refractivity contribution in [2.45, 2.75) is 51.0 Å². The average molecular weight is 360 g/mol. The first-order valence-corrected chi connectivity index (χ1v) is 8.59. The minimum Gasteiger partial charge on any atom is -0.399 e. The molecule has 1 aromatic carbocycles. The van der Waals surface area contributed by atoms with Gasteiger partial charge in [-0.1, -0.05) is 48.0 Å². The molecule has 2 aliphatic rings. The lowest BCUT2D eigenvalue weighted by Gasteiger charge is -2.32. The van der Waals surface area contributed by atoms with Gasteiger partial charge < -0.3 is 9.31 Å². The smallest absolute Gasteiger partial charge is 0.399 e. The Morgan fingerprint density at radius 2 is 1.68 bits per heavy atom. The predicted octanol–water partition coefficient (Wildman–Crippen LogP) is 4.83. The van der Waals surface area contributed by atoms with E-state index in [1.807, 2.05) is 45.9 Å². The standard InChI is InChI=1S/C19H20BClFNO2/c1-17(2)18(3,4)25-20(24-17)15-10-14(13-8-6-5-7-9-13)19(22,12-23)11-16(15)21/h5-10H,11H2,1-4H3. The number of allylic oxidation sites excluding steroid dienone is 4. The number of benzene rings is 1. The third kappa shape index (κ3) is 3.04. The maximum atomic E-state index is 15.2. The van der Waals surface area contributed by atoms with E-state index in [1.165, 1.54) is 0 Å². The number of hydrogen-bond acceptors (Lipinski definition) is 3. The molecule has 0 amide bonds. The number of alkyl halides is 1. The first-order valence-electron chi connectivity index (χ1n) is 8.22. The van der Waals surface area contributed by atoms with Gasteiger partial charge in [0.25, 0.3) is 0 Å². The van der Waals surface area contributed by atoms with Crippen LogP contribution >= 0.6 is 11.6 Å². The Morgan fingerprint density at radius 1 is 1.12 bits per heavy atom. The monoisotopic (exact) mass is 359 g/mol. The summed E-state index contributed by atoms with van der Waals surface area (Å²) >= 11 is 6.35. The maximum absolute atomic E-state index is 15.2. The zero-order valence-electron chi connectivity index (χ0n) is 14.8. The molecule has 1 aromatic rings. The van der Waals surface area contributed by atoms with E-state index in [9.17, 15) is 5.26 Å². The van der Waals surface area contributed by atoms with Crippen LogP contribution in [0.1, 0.15) is 39.7 Å². The molecule has 1 aliphatic heterocycles. The Balaban J connectivity index is 2.06. The fourth-order valence-electron chi connectivity index (χ4n) is 2.95. The van der Waals surface area contributed by atoms with E-state index in [0.29, 0.717) is 11.0 Å². The molecule has 0 spiro atoms. The van der Waals surface area contributed by atoms with Gasteiger partial charge in [-0.15, -0.1) is 0 Å². The van der Waals surface area contributed by atoms with Gasteiger partial charge in [0.15, 0.2) is 0 Å². The second kappa shape index (κ2) is 5.98. The minimum absolute atomic E-state index is 0.217. The zero-order chi connectivity index (χ0) is 18.5. The molecule has 1 saturated heterocycles. The van der Waals surface area contributed by atoms with E-state index < -0.39 is 24.0 Å². The van der Waals surface area contributed by atoms with Crippen molar-refractivity contribution in [3.63, 3.8) is 0 Å². The van der Waals surface area contributed by atoms with Crippen LogP contribution < -0.4 is 0 Å². The molecule has 0 saturated carbocycles. The highest BCUT2D eigenvalue weighted by molar-refractivity contribution is 6.58. The zero-order valence-corrected chi connectivity index (χ0v) is 15.5. The summed E-state index contributed by atoms with van der Waals surface area (Å²) in [4.78, 5) is 0. The second-order valence-corrected chi connectivity index (χ2v) is 7.92. The summed E-state index contributed by atoms with van der Waals surface area (Å²) in [7, 11) is -0.695. The average Bonchev–Trinajstić information content (AvgIpc) is 2.76. The molecule has 0 radical (unpaired) electrons. The molecule has 1 heterocycles. The first kappa shape index (κ1) is 18.2. The van der Waals surface area contributed by atoms with Crippen LogP contribution in [0.2, 0.25) is 0 Å². The summed E-state index contributed by atoms with van der Waals surface area (Å²) in [6, 6.07) is 10.8.